The molecule has 1 aliphatic rings. The number of halogens is 1. The summed E-state index contributed by atoms with van der Waals surface area (Å²) in [7, 11) is 0. The summed E-state index contributed by atoms with van der Waals surface area (Å²) in [5.41, 5.74) is 2.46. The van der Waals surface area contributed by atoms with Gasteiger partial charge in [-0.25, -0.2) is 0 Å². The summed E-state index contributed by atoms with van der Waals surface area (Å²) in [4.78, 5) is 26.4. The van der Waals surface area contributed by atoms with Gasteiger partial charge in [0.05, 0.1) is 0 Å². The van der Waals surface area contributed by atoms with Crippen LogP contribution in [-0.4, -0.2) is 24.9 Å². The van der Waals surface area contributed by atoms with Gasteiger partial charge >= 0.3 is 0 Å². The zero-order chi connectivity index (χ0) is 19.2. The Bertz CT molecular complexity index is 782. The highest BCUT2D eigenvalue weighted by Gasteiger charge is 2.16. The number of anilines is 3. The number of piperidine rings is 1. The van der Waals surface area contributed by atoms with E-state index in [1.165, 1.54) is 18.5 Å². The molecule has 1 aliphatic heterocycles. The zero-order valence-electron chi connectivity index (χ0n) is 15.4. The van der Waals surface area contributed by atoms with E-state index in [9.17, 15) is 9.59 Å². The molecule has 3 rings (SSSR count). The van der Waals surface area contributed by atoms with E-state index in [4.69, 9.17) is 11.6 Å². The normalized spacial score (nSPS) is 14.7. The summed E-state index contributed by atoms with van der Waals surface area (Å²) in [6.07, 6.45) is 2.18. The molecule has 0 unspecified atom stereocenters. The number of carbonyl (C=O) groups is 2. The Labute approximate surface area is 164 Å². The van der Waals surface area contributed by atoms with Crippen LogP contribution in [0.5, 0.6) is 0 Å². The van der Waals surface area contributed by atoms with E-state index in [0.29, 0.717) is 16.4 Å². The average Bonchev–Trinajstić information content (AvgIpc) is 2.65. The lowest BCUT2D eigenvalue weighted by atomic mass is 9.99. The largest absolute Gasteiger partial charge is 0.372 e. The van der Waals surface area contributed by atoms with Gasteiger partial charge in [0.1, 0.15) is 6.42 Å². The molecule has 5 nitrogen and oxygen atoms in total. The molecule has 2 N–H and O–H groups in total. The molecular weight excluding hydrogens is 362 g/mol. The summed E-state index contributed by atoms with van der Waals surface area (Å²) in [5.74, 6) is 0.0775. The van der Waals surface area contributed by atoms with Gasteiger partial charge in [-0.2, -0.15) is 0 Å². The Morgan fingerprint density at radius 2 is 1.41 bits per heavy atom. The molecule has 1 fully saturated rings. The molecule has 6 heteroatoms. The maximum atomic E-state index is 12.1. The summed E-state index contributed by atoms with van der Waals surface area (Å²) >= 11 is 5.81. The summed E-state index contributed by atoms with van der Waals surface area (Å²) in [6, 6.07) is 14.5. The molecule has 0 atom stereocenters. The average molecular weight is 386 g/mol. The van der Waals surface area contributed by atoms with Crippen molar-refractivity contribution in [2.24, 2.45) is 5.92 Å². The van der Waals surface area contributed by atoms with Gasteiger partial charge in [-0.05, 0) is 67.3 Å². The lowest BCUT2D eigenvalue weighted by molar-refractivity contribution is -0.123. The van der Waals surface area contributed by atoms with Gasteiger partial charge in [-0.1, -0.05) is 18.5 Å². The highest BCUT2D eigenvalue weighted by Crippen LogP contribution is 2.24. The van der Waals surface area contributed by atoms with Crippen molar-refractivity contribution >= 4 is 40.5 Å². The first-order valence-electron chi connectivity index (χ1n) is 9.20. The van der Waals surface area contributed by atoms with Crippen LogP contribution in [-0.2, 0) is 9.59 Å². The Balaban J connectivity index is 1.48. The predicted molar refractivity (Wildman–Crippen MR) is 110 cm³/mol. The lowest BCUT2D eigenvalue weighted by Gasteiger charge is -2.32. The molecule has 0 spiro atoms. The van der Waals surface area contributed by atoms with Crippen molar-refractivity contribution in [3.63, 3.8) is 0 Å². The predicted octanol–water partition coefficient (Wildman–Crippen LogP) is 4.54. The Hall–Kier alpha value is -2.53. The number of hydrogen-bond donors (Lipinski definition) is 2. The minimum atomic E-state index is -0.367. The molecule has 0 bridgehead atoms. The van der Waals surface area contributed by atoms with Crippen molar-refractivity contribution in [1.29, 1.82) is 0 Å². The standard InChI is InChI=1S/C21H24ClN3O2/c1-15-10-12-25(13-11-15)19-8-6-18(7-9-19)24-21(27)14-20(26)23-17-4-2-16(22)3-5-17/h2-9,15H,10-14H2,1H3,(H,23,26)(H,24,27). The third kappa shape index (κ3) is 5.73. The topological polar surface area (TPSA) is 61.4 Å². The second-order valence-corrected chi connectivity index (χ2v) is 7.43. The molecule has 1 saturated heterocycles. The van der Waals surface area contributed by atoms with Crippen LogP contribution in [0, 0.1) is 5.92 Å². The number of benzene rings is 2. The van der Waals surface area contributed by atoms with Crippen LogP contribution in [0.4, 0.5) is 17.1 Å². The molecule has 2 amide bonds. The monoisotopic (exact) mass is 385 g/mol. The van der Waals surface area contributed by atoms with E-state index in [1.54, 1.807) is 24.3 Å². The molecule has 2 aromatic rings. The van der Waals surface area contributed by atoms with Crippen molar-refractivity contribution < 1.29 is 9.59 Å². The summed E-state index contributed by atoms with van der Waals surface area (Å²) in [6.45, 7) is 4.43. The van der Waals surface area contributed by atoms with Crippen LogP contribution in [0.25, 0.3) is 0 Å². The molecule has 27 heavy (non-hydrogen) atoms. The number of nitrogens with zero attached hydrogens (tertiary/aromatic N) is 1. The molecule has 0 aromatic heterocycles. The van der Waals surface area contributed by atoms with Crippen LogP contribution in [0.3, 0.4) is 0 Å². The number of nitrogens with one attached hydrogen (secondary N) is 2. The van der Waals surface area contributed by atoms with Gasteiger partial charge < -0.3 is 15.5 Å². The van der Waals surface area contributed by atoms with Crippen LogP contribution >= 0.6 is 11.6 Å². The number of amides is 2. The van der Waals surface area contributed by atoms with Gasteiger partial charge in [0.25, 0.3) is 0 Å². The van der Waals surface area contributed by atoms with E-state index >= 15 is 0 Å². The van der Waals surface area contributed by atoms with E-state index in [1.807, 2.05) is 24.3 Å². The third-order valence-corrected chi connectivity index (χ3v) is 5.00. The minimum absolute atomic E-state index is 0.242. The number of hydrogen-bond acceptors (Lipinski definition) is 3. The quantitative estimate of drug-likeness (QED) is 0.742. The molecule has 0 aliphatic carbocycles. The zero-order valence-corrected chi connectivity index (χ0v) is 16.1. The van der Waals surface area contributed by atoms with Crippen molar-refractivity contribution in [2.75, 3.05) is 28.6 Å². The summed E-state index contributed by atoms with van der Waals surface area (Å²) < 4.78 is 0. The molecule has 142 valence electrons. The van der Waals surface area contributed by atoms with Crippen LogP contribution in [0.1, 0.15) is 26.2 Å². The fourth-order valence-corrected chi connectivity index (χ4v) is 3.24. The highest BCUT2D eigenvalue weighted by atomic mass is 35.5. The minimum Gasteiger partial charge on any atom is -0.372 e. The van der Waals surface area contributed by atoms with Crippen LogP contribution in [0.2, 0.25) is 5.02 Å². The lowest BCUT2D eigenvalue weighted by Crippen LogP contribution is -2.32. The number of carbonyl (C=O) groups excluding carboxylic acids is 2. The fraction of sp³-hybridized carbons (Fsp3) is 0.333. The summed E-state index contributed by atoms with van der Waals surface area (Å²) in [5, 5.41) is 6.03. The van der Waals surface area contributed by atoms with E-state index < -0.39 is 0 Å². The molecule has 0 radical (unpaired) electrons. The first-order valence-corrected chi connectivity index (χ1v) is 9.57. The fourth-order valence-electron chi connectivity index (χ4n) is 3.11. The first-order chi connectivity index (χ1) is 13.0. The smallest absolute Gasteiger partial charge is 0.233 e. The molecule has 1 heterocycles. The van der Waals surface area contributed by atoms with Crippen molar-refractivity contribution in [3.05, 3.63) is 53.6 Å². The molecular formula is C21H24ClN3O2. The van der Waals surface area contributed by atoms with E-state index in [2.05, 4.69) is 22.5 Å². The van der Waals surface area contributed by atoms with Crippen LogP contribution < -0.4 is 15.5 Å². The van der Waals surface area contributed by atoms with E-state index in [0.717, 1.165) is 19.0 Å². The van der Waals surface area contributed by atoms with Gasteiger partial charge in [0, 0.05) is 35.2 Å². The van der Waals surface area contributed by atoms with Gasteiger partial charge in [-0.15, -0.1) is 0 Å². The SMILES string of the molecule is CC1CCN(c2ccc(NC(=O)CC(=O)Nc3ccc(Cl)cc3)cc2)CC1. The van der Waals surface area contributed by atoms with E-state index in [-0.39, 0.29) is 18.2 Å². The van der Waals surface area contributed by atoms with Crippen molar-refractivity contribution in [3.8, 4) is 0 Å². The van der Waals surface area contributed by atoms with Crippen molar-refractivity contribution in [1.82, 2.24) is 0 Å². The van der Waals surface area contributed by atoms with Crippen molar-refractivity contribution in [2.45, 2.75) is 26.2 Å². The Morgan fingerprint density at radius 3 is 1.93 bits per heavy atom. The molecule has 0 saturated carbocycles. The highest BCUT2D eigenvalue weighted by molar-refractivity contribution is 6.30. The van der Waals surface area contributed by atoms with Gasteiger partial charge in [0.2, 0.25) is 11.8 Å². The Kier molecular flexibility index (Phi) is 6.35. The van der Waals surface area contributed by atoms with Gasteiger partial charge in [0.15, 0.2) is 0 Å². The van der Waals surface area contributed by atoms with Crippen LogP contribution in [0.15, 0.2) is 48.5 Å². The van der Waals surface area contributed by atoms with Gasteiger partial charge in [-0.3, -0.25) is 9.59 Å². The first kappa shape index (κ1) is 19.2. The second kappa shape index (κ2) is 8.91. The Morgan fingerprint density at radius 1 is 0.926 bits per heavy atom. The molecule has 2 aromatic carbocycles. The number of rotatable bonds is 5. The maximum absolute atomic E-state index is 12.1. The second-order valence-electron chi connectivity index (χ2n) is 7.00. The maximum Gasteiger partial charge on any atom is 0.233 e. The third-order valence-electron chi connectivity index (χ3n) is 4.75.